The van der Waals surface area contributed by atoms with E-state index in [1.54, 1.807) is 18.5 Å². The molecular weight excluding hydrogens is 226 g/mol. The van der Waals surface area contributed by atoms with Gasteiger partial charge in [0.15, 0.2) is 5.78 Å². The molecule has 0 saturated heterocycles. The number of imidazole rings is 1. The summed E-state index contributed by atoms with van der Waals surface area (Å²) in [4.78, 5) is 20.6. The van der Waals surface area contributed by atoms with Crippen LogP contribution in [-0.2, 0) is 13.0 Å². The Bertz CT molecular complexity index is 545. The fourth-order valence-corrected chi connectivity index (χ4v) is 1.97. The van der Waals surface area contributed by atoms with Gasteiger partial charge in [0.05, 0.1) is 6.42 Å². The second-order valence-corrected chi connectivity index (χ2v) is 4.27. The summed E-state index contributed by atoms with van der Waals surface area (Å²) in [5, 5.41) is 0. The van der Waals surface area contributed by atoms with E-state index in [1.165, 1.54) is 0 Å². The van der Waals surface area contributed by atoms with Gasteiger partial charge in [-0.15, -0.1) is 0 Å². The first kappa shape index (κ1) is 12.5. The highest BCUT2D eigenvalue weighted by atomic mass is 16.1. The van der Waals surface area contributed by atoms with Crippen LogP contribution in [-0.4, -0.2) is 20.3 Å². The molecule has 94 valence electrons. The van der Waals surface area contributed by atoms with E-state index in [0.717, 1.165) is 24.5 Å². The number of carbonyl (C=O) groups excluding carboxylic acids is 1. The average molecular weight is 243 g/mol. The molecule has 2 heterocycles. The molecule has 0 spiro atoms. The Morgan fingerprint density at radius 1 is 1.33 bits per heavy atom. The summed E-state index contributed by atoms with van der Waals surface area (Å²) in [5.74, 6) is 0.897. The van der Waals surface area contributed by atoms with Crippen molar-refractivity contribution in [2.75, 3.05) is 0 Å². The molecule has 0 saturated carbocycles. The zero-order valence-corrected chi connectivity index (χ0v) is 10.8. The Morgan fingerprint density at radius 2 is 2.17 bits per heavy atom. The molecule has 2 rings (SSSR count). The first-order chi connectivity index (χ1) is 8.72. The minimum absolute atomic E-state index is 0.0733. The lowest BCUT2D eigenvalue weighted by Gasteiger charge is -2.06. The number of aryl methyl sites for hydroxylation is 2. The summed E-state index contributed by atoms with van der Waals surface area (Å²) in [5.41, 5.74) is 1.46. The van der Waals surface area contributed by atoms with Crippen LogP contribution in [0.2, 0.25) is 0 Å². The molecule has 0 atom stereocenters. The number of rotatable bonds is 5. The third-order valence-corrected chi connectivity index (χ3v) is 2.89. The Balaban J connectivity index is 2.17. The molecule has 2 aromatic rings. The van der Waals surface area contributed by atoms with Gasteiger partial charge in [-0.1, -0.05) is 6.92 Å². The monoisotopic (exact) mass is 243 g/mol. The maximum Gasteiger partial charge on any atom is 0.172 e. The molecule has 0 amide bonds. The van der Waals surface area contributed by atoms with Crippen LogP contribution in [0.4, 0.5) is 0 Å². The molecule has 0 aliphatic heterocycles. The van der Waals surface area contributed by atoms with E-state index in [1.807, 2.05) is 23.8 Å². The SMILES string of the molecule is CCCn1ccnc1CC(=O)c1cccnc1C. The number of Topliss-reactive ketones (excluding diaryl/α,β-unsaturated/α-hetero) is 1. The molecule has 2 aromatic heterocycles. The predicted octanol–water partition coefficient (Wildman–Crippen LogP) is 2.42. The average Bonchev–Trinajstić information content (AvgIpc) is 2.78. The van der Waals surface area contributed by atoms with E-state index in [0.29, 0.717) is 12.0 Å². The van der Waals surface area contributed by atoms with Crippen LogP contribution in [0.5, 0.6) is 0 Å². The van der Waals surface area contributed by atoms with Crippen molar-refractivity contribution in [2.24, 2.45) is 0 Å². The van der Waals surface area contributed by atoms with Crippen molar-refractivity contribution in [3.63, 3.8) is 0 Å². The van der Waals surface area contributed by atoms with Crippen molar-refractivity contribution in [1.29, 1.82) is 0 Å². The van der Waals surface area contributed by atoms with E-state index in [9.17, 15) is 4.79 Å². The molecule has 0 aliphatic rings. The van der Waals surface area contributed by atoms with Gasteiger partial charge in [-0.05, 0) is 25.5 Å². The Labute approximate surface area is 107 Å². The zero-order valence-electron chi connectivity index (χ0n) is 10.8. The second-order valence-electron chi connectivity index (χ2n) is 4.27. The van der Waals surface area contributed by atoms with Gasteiger partial charge < -0.3 is 4.57 Å². The van der Waals surface area contributed by atoms with Gasteiger partial charge in [-0.3, -0.25) is 9.78 Å². The summed E-state index contributed by atoms with van der Waals surface area (Å²) in [6.07, 6.45) is 6.73. The van der Waals surface area contributed by atoms with Crippen molar-refractivity contribution in [3.05, 3.63) is 47.8 Å². The number of pyridine rings is 1. The summed E-state index contributed by atoms with van der Waals surface area (Å²) in [6.45, 7) is 4.86. The number of nitrogens with zero attached hydrogens (tertiary/aromatic N) is 3. The quantitative estimate of drug-likeness (QED) is 0.758. The number of aromatic nitrogens is 3. The smallest absolute Gasteiger partial charge is 0.172 e. The van der Waals surface area contributed by atoms with Crippen LogP contribution in [0, 0.1) is 6.92 Å². The molecule has 0 unspecified atom stereocenters. The van der Waals surface area contributed by atoms with Gasteiger partial charge >= 0.3 is 0 Å². The highest BCUT2D eigenvalue weighted by molar-refractivity contribution is 5.98. The van der Waals surface area contributed by atoms with E-state index in [-0.39, 0.29) is 5.78 Å². The van der Waals surface area contributed by atoms with Gasteiger partial charge in [0.25, 0.3) is 0 Å². The highest BCUT2D eigenvalue weighted by Gasteiger charge is 2.13. The number of hydrogen-bond acceptors (Lipinski definition) is 3. The van der Waals surface area contributed by atoms with Crippen molar-refractivity contribution in [1.82, 2.24) is 14.5 Å². The van der Waals surface area contributed by atoms with E-state index < -0.39 is 0 Å². The van der Waals surface area contributed by atoms with Gasteiger partial charge in [0, 0.05) is 36.4 Å². The van der Waals surface area contributed by atoms with Crippen LogP contribution in [0.25, 0.3) is 0 Å². The largest absolute Gasteiger partial charge is 0.335 e. The van der Waals surface area contributed by atoms with Gasteiger partial charge in [0.2, 0.25) is 0 Å². The van der Waals surface area contributed by atoms with Crippen LogP contribution in [0.15, 0.2) is 30.7 Å². The zero-order chi connectivity index (χ0) is 13.0. The summed E-state index contributed by atoms with van der Waals surface area (Å²) < 4.78 is 2.03. The lowest BCUT2D eigenvalue weighted by Crippen LogP contribution is -2.11. The van der Waals surface area contributed by atoms with Crippen LogP contribution in [0.3, 0.4) is 0 Å². The van der Waals surface area contributed by atoms with E-state index in [2.05, 4.69) is 16.9 Å². The maximum absolute atomic E-state index is 12.2. The lowest BCUT2D eigenvalue weighted by molar-refractivity contribution is 0.0988. The third kappa shape index (κ3) is 2.64. The summed E-state index contributed by atoms with van der Waals surface area (Å²) >= 11 is 0. The Morgan fingerprint density at radius 3 is 2.89 bits per heavy atom. The molecule has 0 aromatic carbocycles. The van der Waals surface area contributed by atoms with Crippen LogP contribution >= 0.6 is 0 Å². The Kier molecular flexibility index (Phi) is 3.87. The molecule has 4 nitrogen and oxygen atoms in total. The number of carbonyl (C=O) groups is 1. The minimum Gasteiger partial charge on any atom is -0.335 e. The fraction of sp³-hybridized carbons (Fsp3) is 0.357. The third-order valence-electron chi connectivity index (χ3n) is 2.89. The number of ketones is 1. The molecule has 0 aliphatic carbocycles. The standard InChI is InChI=1S/C14H17N3O/c1-3-8-17-9-7-16-14(17)10-13(18)12-5-4-6-15-11(12)2/h4-7,9H,3,8,10H2,1-2H3. The van der Waals surface area contributed by atoms with Crippen LogP contribution < -0.4 is 0 Å². The van der Waals surface area contributed by atoms with E-state index >= 15 is 0 Å². The summed E-state index contributed by atoms with van der Waals surface area (Å²) in [7, 11) is 0. The normalized spacial score (nSPS) is 10.6. The van der Waals surface area contributed by atoms with Crippen molar-refractivity contribution in [3.8, 4) is 0 Å². The highest BCUT2D eigenvalue weighted by Crippen LogP contribution is 2.09. The van der Waals surface area contributed by atoms with E-state index in [4.69, 9.17) is 0 Å². The maximum atomic E-state index is 12.2. The first-order valence-electron chi connectivity index (χ1n) is 6.17. The van der Waals surface area contributed by atoms with Crippen molar-refractivity contribution in [2.45, 2.75) is 33.2 Å². The second kappa shape index (κ2) is 5.58. The molecule has 18 heavy (non-hydrogen) atoms. The van der Waals surface area contributed by atoms with Gasteiger partial charge in [-0.25, -0.2) is 4.98 Å². The molecule has 0 N–H and O–H groups in total. The topological polar surface area (TPSA) is 47.8 Å². The number of hydrogen-bond donors (Lipinski definition) is 0. The minimum atomic E-state index is 0.0733. The molecular formula is C14H17N3O. The van der Waals surface area contributed by atoms with Gasteiger partial charge in [0.1, 0.15) is 5.82 Å². The molecule has 0 bridgehead atoms. The lowest BCUT2D eigenvalue weighted by atomic mass is 10.1. The van der Waals surface area contributed by atoms with Crippen molar-refractivity contribution < 1.29 is 4.79 Å². The first-order valence-corrected chi connectivity index (χ1v) is 6.17. The molecule has 4 heteroatoms. The van der Waals surface area contributed by atoms with Gasteiger partial charge in [-0.2, -0.15) is 0 Å². The predicted molar refractivity (Wildman–Crippen MR) is 69.5 cm³/mol. The Hall–Kier alpha value is -1.97. The van der Waals surface area contributed by atoms with Crippen LogP contribution in [0.1, 0.15) is 35.2 Å². The fourth-order valence-electron chi connectivity index (χ4n) is 1.97. The molecule has 0 radical (unpaired) electrons. The summed E-state index contributed by atoms with van der Waals surface area (Å²) in [6, 6.07) is 3.61. The molecule has 0 fully saturated rings. The van der Waals surface area contributed by atoms with Crippen molar-refractivity contribution >= 4 is 5.78 Å².